The van der Waals surface area contributed by atoms with Gasteiger partial charge < -0.3 is 25.0 Å². The molecule has 1 fully saturated rings. The lowest BCUT2D eigenvalue weighted by Gasteiger charge is -2.58. The molecule has 1 aliphatic heterocycles. The van der Waals surface area contributed by atoms with Gasteiger partial charge in [-0.1, -0.05) is 18.2 Å². The van der Waals surface area contributed by atoms with E-state index in [-0.39, 0.29) is 0 Å². The molecule has 4 N–H and O–H groups in total. The highest BCUT2D eigenvalue weighted by Crippen LogP contribution is 2.58. The van der Waals surface area contributed by atoms with E-state index >= 15 is 0 Å². The van der Waals surface area contributed by atoms with Gasteiger partial charge in [0.2, 0.25) is 0 Å². The minimum absolute atomic E-state index is 0.514. The van der Waals surface area contributed by atoms with E-state index in [1.165, 1.54) is 10.8 Å². The minimum Gasteiger partial charge on any atom is -0.384 e. The summed E-state index contributed by atoms with van der Waals surface area (Å²) in [4.78, 5) is 50.4. The Morgan fingerprint density at radius 2 is 1.47 bits per heavy atom. The predicted octanol–water partition coefficient (Wildman–Crippen LogP) is 0.166. The number of aliphatic hydroxyl groups is 4. The maximum Gasteiger partial charge on any atom is 0.198 e. The number of hydrogen-bond acceptors (Lipinski definition) is 9. The number of ketones is 4. The summed E-state index contributed by atoms with van der Waals surface area (Å²) in [5.74, 6) is -4.38. The zero-order valence-electron chi connectivity index (χ0n) is 18.0. The van der Waals surface area contributed by atoms with Crippen LogP contribution in [0.2, 0.25) is 0 Å². The summed E-state index contributed by atoms with van der Waals surface area (Å²) in [5.41, 5.74) is -8.98. The third kappa shape index (κ3) is 2.94. The van der Waals surface area contributed by atoms with Crippen molar-refractivity contribution in [1.29, 1.82) is 0 Å². The summed E-state index contributed by atoms with van der Waals surface area (Å²) in [7, 11) is 0. The summed E-state index contributed by atoms with van der Waals surface area (Å²) in [6.45, 7) is 3.61. The highest BCUT2D eigenvalue weighted by Gasteiger charge is 2.78. The summed E-state index contributed by atoms with van der Waals surface area (Å²) in [6.07, 6.45) is -0.479. The fraction of sp³-hybridized carbons (Fsp3) is 0.455. The van der Waals surface area contributed by atoms with Crippen LogP contribution in [0.25, 0.3) is 10.9 Å². The van der Waals surface area contributed by atoms with Gasteiger partial charge in [-0.25, -0.2) is 0 Å². The quantitative estimate of drug-likeness (QED) is 0.469. The molecule has 6 atom stereocenters. The van der Waals surface area contributed by atoms with Gasteiger partial charge >= 0.3 is 0 Å². The van der Waals surface area contributed by atoms with Crippen molar-refractivity contribution in [2.45, 2.75) is 61.2 Å². The third-order valence-corrected chi connectivity index (χ3v) is 8.03. The van der Waals surface area contributed by atoms with Crippen molar-refractivity contribution in [1.82, 2.24) is 4.57 Å². The van der Waals surface area contributed by atoms with Gasteiger partial charge in [-0.15, -0.1) is 11.8 Å². The largest absolute Gasteiger partial charge is 0.384 e. The molecule has 0 saturated carbocycles. The number of carbonyl (C=O) groups excluding carboxylic acids is 4. The Labute approximate surface area is 188 Å². The Hall–Kier alpha value is -2.37. The molecule has 0 radical (unpaired) electrons. The number of carbonyl (C=O) groups is 4. The van der Waals surface area contributed by atoms with Crippen molar-refractivity contribution in [2.24, 2.45) is 0 Å². The van der Waals surface area contributed by atoms with E-state index < -0.39 is 56.7 Å². The lowest BCUT2D eigenvalue weighted by atomic mass is 9.62. The van der Waals surface area contributed by atoms with Gasteiger partial charge in [0.15, 0.2) is 39.9 Å². The second-order valence-corrected chi connectivity index (χ2v) is 9.38. The van der Waals surface area contributed by atoms with E-state index in [9.17, 15) is 39.6 Å². The molecule has 172 valence electrons. The van der Waals surface area contributed by atoms with E-state index in [0.717, 1.165) is 27.7 Å². The van der Waals surface area contributed by atoms with Gasteiger partial charge in [-0.3, -0.25) is 19.2 Å². The van der Waals surface area contributed by atoms with Crippen molar-refractivity contribution in [3.05, 3.63) is 36.5 Å². The molecule has 0 amide bonds. The van der Waals surface area contributed by atoms with E-state index in [2.05, 4.69) is 0 Å². The van der Waals surface area contributed by atoms with Crippen molar-refractivity contribution < 1.29 is 39.6 Å². The van der Waals surface area contributed by atoms with Crippen LogP contribution >= 0.6 is 11.8 Å². The maximum atomic E-state index is 12.9. The van der Waals surface area contributed by atoms with Crippen LogP contribution < -0.4 is 0 Å². The van der Waals surface area contributed by atoms with Crippen LogP contribution in [-0.2, 0) is 19.2 Å². The number of fused-ring (bicyclic) bond motifs is 1. The van der Waals surface area contributed by atoms with Crippen molar-refractivity contribution >= 4 is 45.8 Å². The SMILES string of the molecule is CC(=O)C(O)[C@@H]1S[C@H](n2ccc3ccccc32)[C@@](O)(C(C)=O)[C@](O)(C(C)=O)[C@@]1(O)C(C)=O. The molecular formula is C22H25NO8S. The number of rotatable bonds is 6. The van der Waals surface area contributed by atoms with Crippen LogP contribution in [0.4, 0.5) is 0 Å². The summed E-state index contributed by atoms with van der Waals surface area (Å²) < 4.78 is 1.41. The first kappa shape index (κ1) is 24.3. The molecule has 10 heteroatoms. The number of hydrogen-bond donors (Lipinski definition) is 4. The lowest BCUT2D eigenvalue weighted by Crippen LogP contribution is -2.83. The molecule has 1 aliphatic rings. The first-order valence-electron chi connectivity index (χ1n) is 9.86. The molecule has 2 aromatic rings. The van der Waals surface area contributed by atoms with Crippen molar-refractivity contribution in [3.63, 3.8) is 0 Å². The first-order valence-corrected chi connectivity index (χ1v) is 10.8. The topological polar surface area (TPSA) is 154 Å². The first-order chi connectivity index (χ1) is 14.8. The lowest BCUT2D eigenvalue weighted by molar-refractivity contribution is -0.239. The molecule has 1 aromatic carbocycles. The van der Waals surface area contributed by atoms with Crippen LogP contribution in [-0.4, -0.2) is 76.3 Å². The monoisotopic (exact) mass is 463 g/mol. The molecular weight excluding hydrogens is 438 g/mol. The van der Waals surface area contributed by atoms with Crippen molar-refractivity contribution in [3.8, 4) is 0 Å². The fourth-order valence-corrected chi connectivity index (χ4v) is 6.52. The van der Waals surface area contributed by atoms with E-state index in [1.54, 1.807) is 30.3 Å². The smallest absolute Gasteiger partial charge is 0.198 e. The van der Waals surface area contributed by atoms with Gasteiger partial charge in [0.05, 0.1) is 5.25 Å². The normalized spacial score (nSPS) is 33.6. The molecule has 2 heterocycles. The van der Waals surface area contributed by atoms with Gasteiger partial charge in [-0.05, 0) is 45.2 Å². The van der Waals surface area contributed by atoms with Crippen LogP contribution in [0.15, 0.2) is 36.5 Å². The average Bonchev–Trinajstić information content (AvgIpc) is 3.15. The highest BCUT2D eigenvalue weighted by molar-refractivity contribution is 8.00. The van der Waals surface area contributed by atoms with Crippen molar-refractivity contribution in [2.75, 3.05) is 0 Å². The van der Waals surface area contributed by atoms with Gasteiger partial charge in [-0.2, -0.15) is 0 Å². The Kier molecular flexibility index (Phi) is 5.99. The molecule has 1 aromatic heterocycles. The highest BCUT2D eigenvalue weighted by atomic mass is 32.2. The Bertz CT molecular complexity index is 1130. The Morgan fingerprint density at radius 1 is 0.906 bits per heavy atom. The Balaban J connectivity index is 2.43. The molecule has 0 spiro atoms. The number of benzene rings is 1. The van der Waals surface area contributed by atoms with E-state index in [4.69, 9.17) is 0 Å². The van der Waals surface area contributed by atoms with Gasteiger partial charge in [0.1, 0.15) is 11.5 Å². The number of aliphatic hydroxyl groups excluding tert-OH is 1. The number of nitrogens with zero attached hydrogens (tertiary/aromatic N) is 1. The average molecular weight is 464 g/mol. The van der Waals surface area contributed by atoms with Gasteiger partial charge in [0.25, 0.3) is 0 Å². The minimum atomic E-state index is -3.36. The number of thioether (sulfide) groups is 1. The van der Waals surface area contributed by atoms with Crippen LogP contribution in [0.3, 0.4) is 0 Å². The molecule has 1 unspecified atom stereocenters. The zero-order chi connectivity index (χ0) is 24.2. The predicted molar refractivity (Wildman–Crippen MR) is 116 cm³/mol. The molecule has 3 rings (SSSR count). The standard InChI is InChI=1S/C22H25NO8S/c1-11(24)17(28)18-20(29,12(2)25)22(31,14(4)27)21(30,13(3)26)19(32-18)23-10-9-15-7-5-6-8-16(15)23/h5-10,17-19,28-31H,1-4H3/t17?,18-,19-,20+,21-,22-/m0/s1. The van der Waals surface area contributed by atoms with E-state index in [1.807, 2.05) is 0 Å². The summed E-state index contributed by atoms with van der Waals surface area (Å²) in [6, 6.07) is 8.57. The Morgan fingerprint density at radius 3 is 1.97 bits per heavy atom. The second-order valence-electron chi connectivity index (χ2n) is 8.16. The number of aromatic nitrogens is 1. The second kappa shape index (κ2) is 7.89. The van der Waals surface area contributed by atoms with E-state index in [0.29, 0.717) is 22.7 Å². The van der Waals surface area contributed by atoms with Crippen LogP contribution in [0.5, 0.6) is 0 Å². The molecule has 32 heavy (non-hydrogen) atoms. The fourth-order valence-electron chi connectivity index (χ4n) is 4.52. The van der Waals surface area contributed by atoms with Gasteiger partial charge in [0, 0.05) is 11.7 Å². The molecule has 0 aliphatic carbocycles. The maximum absolute atomic E-state index is 12.9. The zero-order valence-corrected chi connectivity index (χ0v) is 18.8. The van der Waals surface area contributed by atoms with Crippen LogP contribution in [0.1, 0.15) is 33.1 Å². The number of Topliss-reactive ketones (excluding diaryl/α,β-unsaturated/α-hetero) is 4. The number of para-hydroxylation sites is 1. The molecule has 0 bridgehead atoms. The third-order valence-electron chi connectivity index (χ3n) is 6.32. The molecule has 1 saturated heterocycles. The summed E-state index contributed by atoms with van der Waals surface area (Å²) in [5, 5.41) is 42.9. The summed E-state index contributed by atoms with van der Waals surface area (Å²) >= 11 is 0.569. The van der Waals surface area contributed by atoms with Crippen LogP contribution in [0, 0.1) is 0 Å². The molecule has 9 nitrogen and oxygen atoms in total.